The van der Waals surface area contributed by atoms with E-state index in [-0.39, 0.29) is 21.9 Å². The number of hydrogen-bond donors (Lipinski definition) is 0. The van der Waals surface area contributed by atoms with Crippen LogP contribution < -0.4 is 0 Å². The van der Waals surface area contributed by atoms with Gasteiger partial charge >= 0.3 is 6.18 Å². The number of alkyl halides is 3. The van der Waals surface area contributed by atoms with Gasteiger partial charge in [0.05, 0.1) is 11.1 Å². The highest BCUT2D eigenvalue weighted by Crippen LogP contribution is 2.32. The molecule has 0 amide bonds. The second-order valence-corrected chi connectivity index (χ2v) is 3.97. The lowest BCUT2D eigenvalue weighted by molar-refractivity contribution is -0.137. The predicted octanol–water partition coefficient (Wildman–Crippen LogP) is 3.50. The molecule has 3 nitrogen and oxygen atoms in total. The molecule has 0 fully saturated rings. The van der Waals surface area contributed by atoms with Crippen molar-refractivity contribution in [1.29, 1.82) is 0 Å². The summed E-state index contributed by atoms with van der Waals surface area (Å²) in [4.78, 5) is 18.8. The van der Waals surface area contributed by atoms with E-state index in [0.29, 0.717) is 0 Å². The molecule has 0 aliphatic heterocycles. The number of carbonyl (C=O) groups excluding carboxylic acids is 1. The molecule has 0 aliphatic carbocycles. The van der Waals surface area contributed by atoms with Crippen LogP contribution in [-0.2, 0) is 6.18 Å². The molecule has 94 valence electrons. The van der Waals surface area contributed by atoms with Gasteiger partial charge in [0.25, 0.3) is 0 Å². The standard InChI is InChI=1S/C11H6ClF3N2O/c1-5(18)9-7-4-6(11(13,14)15)2-3-8(7)16-10(12)17-9/h2-4H,1H3. The fourth-order valence-corrected chi connectivity index (χ4v) is 1.72. The monoisotopic (exact) mass is 274 g/mol. The zero-order valence-electron chi connectivity index (χ0n) is 9.05. The molecule has 0 atom stereocenters. The van der Waals surface area contributed by atoms with Gasteiger partial charge in [0.2, 0.25) is 5.28 Å². The Hall–Kier alpha value is -1.69. The zero-order chi connectivity index (χ0) is 13.5. The van der Waals surface area contributed by atoms with Gasteiger partial charge in [-0.25, -0.2) is 9.97 Å². The van der Waals surface area contributed by atoms with Crippen LogP contribution in [0.15, 0.2) is 18.2 Å². The van der Waals surface area contributed by atoms with Crippen LogP contribution in [0.3, 0.4) is 0 Å². The molecular formula is C11H6ClF3N2O. The average Bonchev–Trinajstić information content (AvgIpc) is 2.25. The number of aromatic nitrogens is 2. The molecule has 0 saturated heterocycles. The highest BCUT2D eigenvalue weighted by atomic mass is 35.5. The first kappa shape index (κ1) is 12.8. The van der Waals surface area contributed by atoms with Gasteiger partial charge in [-0.05, 0) is 29.8 Å². The minimum Gasteiger partial charge on any atom is -0.293 e. The first-order valence-corrected chi connectivity index (χ1v) is 5.22. The van der Waals surface area contributed by atoms with Crippen LogP contribution in [0.25, 0.3) is 10.9 Å². The Morgan fingerprint density at radius 3 is 2.50 bits per heavy atom. The van der Waals surface area contributed by atoms with Crippen molar-refractivity contribution in [3.05, 3.63) is 34.7 Å². The van der Waals surface area contributed by atoms with Crippen molar-refractivity contribution in [2.45, 2.75) is 13.1 Å². The number of Topliss-reactive ketones (excluding diaryl/α,β-unsaturated/α-hetero) is 1. The summed E-state index contributed by atoms with van der Waals surface area (Å²) in [7, 11) is 0. The van der Waals surface area contributed by atoms with Gasteiger partial charge in [-0.3, -0.25) is 4.79 Å². The molecule has 1 heterocycles. The van der Waals surface area contributed by atoms with E-state index < -0.39 is 17.5 Å². The molecule has 2 rings (SSSR count). The van der Waals surface area contributed by atoms with Gasteiger partial charge in [-0.2, -0.15) is 13.2 Å². The van der Waals surface area contributed by atoms with Crippen LogP contribution in [0.2, 0.25) is 5.28 Å². The van der Waals surface area contributed by atoms with E-state index in [1.165, 1.54) is 6.92 Å². The third kappa shape index (κ3) is 2.28. The van der Waals surface area contributed by atoms with Crippen molar-refractivity contribution >= 4 is 28.3 Å². The van der Waals surface area contributed by atoms with Crippen molar-refractivity contribution < 1.29 is 18.0 Å². The summed E-state index contributed by atoms with van der Waals surface area (Å²) in [6.45, 7) is 1.21. The number of hydrogen-bond acceptors (Lipinski definition) is 3. The third-order valence-corrected chi connectivity index (χ3v) is 2.50. The maximum Gasteiger partial charge on any atom is 0.416 e. The van der Waals surface area contributed by atoms with Crippen molar-refractivity contribution in [1.82, 2.24) is 9.97 Å². The van der Waals surface area contributed by atoms with Gasteiger partial charge in [-0.15, -0.1) is 0 Å². The van der Waals surface area contributed by atoms with Crippen molar-refractivity contribution in [3.63, 3.8) is 0 Å². The van der Waals surface area contributed by atoms with Crippen LogP contribution in [0, 0.1) is 0 Å². The Morgan fingerprint density at radius 2 is 1.94 bits per heavy atom. The molecular weight excluding hydrogens is 269 g/mol. The summed E-state index contributed by atoms with van der Waals surface area (Å²) in [5.74, 6) is -0.469. The zero-order valence-corrected chi connectivity index (χ0v) is 9.80. The van der Waals surface area contributed by atoms with E-state index in [9.17, 15) is 18.0 Å². The first-order chi connectivity index (χ1) is 8.29. The molecule has 0 unspecified atom stereocenters. The molecule has 1 aromatic carbocycles. The lowest BCUT2D eigenvalue weighted by Gasteiger charge is -2.09. The Kier molecular flexibility index (Phi) is 2.98. The predicted molar refractivity (Wildman–Crippen MR) is 59.6 cm³/mol. The third-order valence-electron chi connectivity index (χ3n) is 2.33. The Balaban J connectivity index is 2.79. The van der Waals surface area contributed by atoms with Gasteiger partial charge in [0.15, 0.2) is 5.78 Å². The van der Waals surface area contributed by atoms with E-state index in [4.69, 9.17) is 11.6 Å². The van der Waals surface area contributed by atoms with Crippen LogP contribution in [-0.4, -0.2) is 15.8 Å². The fourth-order valence-electron chi connectivity index (χ4n) is 1.54. The topological polar surface area (TPSA) is 42.9 Å². The summed E-state index contributed by atoms with van der Waals surface area (Å²) < 4.78 is 37.7. The molecule has 0 saturated carbocycles. The lowest BCUT2D eigenvalue weighted by atomic mass is 10.1. The van der Waals surface area contributed by atoms with E-state index in [0.717, 1.165) is 18.2 Å². The highest BCUT2D eigenvalue weighted by molar-refractivity contribution is 6.29. The van der Waals surface area contributed by atoms with E-state index >= 15 is 0 Å². The Labute approximate surface area is 105 Å². The normalized spacial score (nSPS) is 11.8. The molecule has 0 N–H and O–H groups in total. The number of carbonyl (C=O) groups is 1. The summed E-state index contributed by atoms with van der Waals surface area (Å²) in [6.07, 6.45) is -4.48. The smallest absolute Gasteiger partial charge is 0.293 e. The minimum atomic E-state index is -4.48. The molecule has 18 heavy (non-hydrogen) atoms. The average molecular weight is 275 g/mol. The maximum atomic E-state index is 12.6. The maximum absolute atomic E-state index is 12.6. The van der Waals surface area contributed by atoms with Gasteiger partial charge in [0.1, 0.15) is 5.69 Å². The highest BCUT2D eigenvalue weighted by Gasteiger charge is 2.31. The SMILES string of the molecule is CC(=O)c1nc(Cl)nc2ccc(C(F)(F)F)cc12. The van der Waals surface area contributed by atoms with Crippen molar-refractivity contribution in [2.75, 3.05) is 0 Å². The number of benzene rings is 1. The van der Waals surface area contributed by atoms with E-state index in [1.807, 2.05) is 0 Å². The lowest BCUT2D eigenvalue weighted by Crippen LogP contribution is -2.06. The summed E-state index contributed by atoms with van der Waals surface area (Å²) in [5, 5.41) is -0.130. The van der Waals surface area contributed by atoms with Crippen LogP contribution in [0.5, 0.6) is 0 Å². The fraction of sp³-hybridized carbons (Fsp3) is 0.182. The van der Waals surface area contributed by atoms with Crippen LogP contribution in [0.4, 0.5) is 13.2 Å². The van der Waals surface area contributed by atoms with Gasteiger partial charge in [0, 0.05) is 12.3 Å². The number of fused-ring (bicyclic) bond motifs is 1. The van der Waals surface area contributed by atoms with Crippen LogP contribution in [0.1, 0.15) is 23.0 Å². The van der Waals surface area contributed by atoms with Crippen LogP contribution >= 0.6 is 11.6 Å². The Bertz CT molecular complexity index is 640. The second kappa shape index (κ2) is 4.20. The largest absolute Gasteiger partial charge is 0.416 e. The molecule has 0 spiro atoms. The molecule has 7 heteroatoms. The number of nitrogens with zero attached hydrogens (tertiary/aromatic N) is 2. The number of halogens is 4. The second-order valence-electron chi connectivity index (χ2n) is 3.63. The van der Waals surface area contributed by atoms with Gasteiger partial charge in [-0.1, -0.05) is 0 Å². The van der Waals surface area contributed by atoms with E-state index in [1.54, 1.807) is 0 Å². The summed E-state index contributed by atoms with van der Waals surface area (Å²) in [5.41, 5.74) is -0.771. The van der Waals surface area contributed by atoms with Crippen molar-refractivity contribution in [3.8, 4) is 0 Å². The molecule has 2 aromatic rings. The number of ketones is 1. The van der Waals surface area contributed by atoms with Gasteiger partial charge < -0.3 is 0 Å². The van der Waals surface area contributed by atoms with Crippen molar-refractivity contribution in [2.24, 2.45) is 0 Å². The quantitative estimate of drug-likeness (QED) is 0.590. The Morgan fingerprint density at radius 1 is 1.28 bits per heavy atom. The molecule has 1 aromatic heterocycles. The first-order valence-electron chi connectivity index (χ1n) is 4.84. The minimum absolute atomic E-state index is 0.0433. The van der Waals surface area contributed by atoms with E-state index in [2.05, 4.69) is 9.97 Å². The molecule has 0 aliphatic rings. The summed E-state index contributed by atoms with van der Waals surface area (Å²) in [6, 6.07) is 2.90. The molecule has 0 bridgehead atoms. The summed E-state index contributed by atoms with van der Waals surface area (Å²) >= 11 is 5.60. The molecule has 0 radical (unpaired) electrons. The number of rotatable bonds is 1.